The van der Waals surface area contributed by atoms with Gasteiger partial charge in [-0.2, -0.15) is 0 Å². The molecule has 0 saturated heterocycles. The summed E-state index contributed by atoms with van der Waals surface area (Å²) < 4.78 is 9.91. The Morgan fingerprint density at radius 2 is 1.38 bits per heavy atom. The molecule has 0 aromatic heterocycles. The number of unbranched alkanes of at least 4 members (excludes halogenated alkanes) is 5. The molecule has 122 valence electrons. The number of nitrogens with zero attached hydrogens (tertiary/aromatic N) is 1. The van der Waals surface area contributed by atoms with Gasteiger partial charge in [0, 0.05) is 18.7 Å². The first-order chi connectivity index (χ1) is 10.1. The highest BCUT2D eigenvalue weighted by molar-refractivity contribution is 5.91. The molecule has 0 saturated carbocycles. The second-order valence-corrected chi connectivity index (χ2v) is 5.24. The Morgan fingerprint density at radius 1 is 0.857 bits per heavy atom. The molecule has 0 rings (SSSR count). The fourth-order valence-corrected chi connectivity index (χ4v) is 1.62. The Morgan fingerprint density at radius 3 is 1.95 bits per heavy atom. The summed E-state index contributed by atoms with van der Waals surface area (Å²) in [6, 6.07) is 0. The number of carbonyl (C=O) groups excluding carboxylic acids is 2. The van der Waals surface area contributed by atoms with Crippen molar-refractivity contribution >= 4 is 11.9 Å². The van der Waals surface area contributed by atoms with Crippen LogP contribution in [0.5, 0.6) is 0 Å². The molecule has 0 aliphatic carbocycles. The monoisotopic (exact) mass is 299 g/mol. The average molecular weight is 299 g/mol. The molecular formula is C16H29NO4. The summed E-state index contributed by atoms with van der Waals surface area (Å²) in [5, 5.41) is 0. The van der Waals surface area contributed by atoms with Gasteiger partial charge in [-0.05, 0) is 20.5 Å². The van der Waals surface area contributed by atoms with Crippen molar-refractivity contribution in [2.75, 3.05) is 33.9 Å². The van der Waals surface area contributed by atoms with Crippen molar-refractivity contribution in [2.24, 2.45) is 0 Å². The van der Waals surface area contributed by atoms with Crippen LogP contribution in [0.15, 0.2) is 12.2 Å². The van der Waals surface area contributed by atoms with Crippen molar-refractivity contribution in [3.8, 4) is 0 Å². The average Bonchev–Trinajstić information content (AvgIpc) is 2.43. The maximum Gasteiger partial charge on any atom is 0.331 e. The highest BCUT2D eigenvalue weighted by atomic mass is 16.5. The van der Waals surface area contributed by atoms with E-state index in [2.05, 4.69) is 6.92 Å². The van der Waals surface area contributed by atoms with Crippen LogP contribution >= 0.6 is 0 Å². The third-order valence-electron chi connectivity index (χ3n) is 2.88. The standard InChI is InChI=1S/C16H29NO4/c1-4-5-6-7-8-9-13-20-15(18)10-11-16(19)21-14-12-17(2)3/h10-11H,4-9,12-14H2,1-3H3/b11-10+. The van der Waals surface area contributed by atoms with Gasteiger partial charge in [-0.25, -0.2) is 9.59 Å². The number of esters is 2. The predicted molar refractivity (Wildman–Crippen MR) is 83.0 cm³/mol. The largest absolute Gasteiger partial charge is 0.463 e. The lowest BCUT2D eigenvalue weighted by Crippen LogP contribution is -2.19. The molecule has 0 bridgehead atoms. The minimum atomic E-state index is -0.520. The van der Waals surface area contributed by atoms with E-state index in [1.165, 1.54) is 25.7 Å². The van der Waals surface area contributed by atoms with Crippen LogP contribution in [0.1, 0.15) is 45.4 Å². The first-order valence-corrected chi connectivity index (χ1v) is 7.72. The molecule has 0 unspecified atom stereocenters. The van der Waals surface area contributed by atoms with Gasteiger partial charge >= 0.3 is 11.9 Å². The van der Waals surface area contributed by atoms with Crippen LogP contribution in [0.3, 0.4) is 0 Å². The Labute approximate surface area is 128 Å². The van der Waals surface area contributed by atoms with Gasteiger partial charge in [0.1, 0.15) is 6.61 Å². The topological polar surface area (TPSA) is 55.8 Å². The molecule has 0 fully saturated rings. The smallest absolute Gasteiger partial charge is 0.331 e. The number of ether oxygens (including phenoxy) is 2. The summed E-state index contributed by atoms with van der Waals surface area (Å²) in [4.78, 5) is 24.5. The lowest BCUT2D eigenvalue weighted by atomic mass is 10.1. The van der Waals surface area contributed by atoms with E-state index < -0.39 is 11.9 Å². The number of hydrogen-bond donors (Lipinski definition) is 0. The van der Waals surface area contributed by atoms with Crippen LogP contribution in [0, 0.1) is 0 Å². The van der Waals surface area contributed by atoms with E-state index >= 15 is 0 Å². The molecule has 0 aliphatic rings. The van der Waals surface area contributed by atoms with Gasteiger partial charge in [0.25, 0.3) is 0 Å². The molecule has 0 aliphatic heterocycles. The Bertz CT molecular complexity index is 313. The summed E-state index contributed by atoms with van der Waals surface area (Å²) in [5.41, 5.74) is 0. The first-order valence-electron chi connectivity index (χ1n) is 7.72. The van der Waals surface area contributed by atoms with Crippen LogP contribution in [0.2, 0.25) is 0 Å². The Kier molecular flexibility index (Phi) is 12.7. The quantitative estimate of drug-likeness (QED) is 0.315. The summed E-state index contributed by atoms with van der Waals surface area (Å²) in [7, 11) is 3.78. The normalized spacial score (nSPS) is 11.0. The van der Waals surface area contributed by atoms with Gasteiger partial charge in [-0.15, -0.1) is 0 Å². The zero-order valence-electron chi connectivity index (χ0n) is 13.6. The Hall–Kier alpha value is -1.36. The summed E-state index contributed by atoms with van der Waals surface area (Å²) >= 11 is 0. The van der Waals surface area contributed by atoms with Crippen LogP contribution in [-0.4, -0.2) is 50.7 Å². The molecule has 0 spiro atoms. The van der Waals surface area contributed by atoms with Gasteiger partial charge in [0.2, 0.25) is 0 Å². The molecule has 5 heteroatoms. The van der Waals surface area contributed by atoms with E-state index in [4.69, 9.17) is 9.47 Å². The number of likely N-dealkylation sites (N-methyl/N-ethyl adjacent to an activating group) is 1. The minimum absolute atomic E-state index is 0.309. The van der Waals surface area contributed by atoms with Crippen molar-refractivity contribution in [3.63, 3.8) is 0 Å². The molecule has 5 nitrogen and oxygen atoms in total. The fraction of sp³-hybridized carbons (Fsp3) is 0.750. The summed E-state index contributed by atoms with van der Waals surface area (Å²) in [6.07, 6.45) is 9.08. The number of carbonyl (C=O) groups is 2. The van der Waals surface area contributed by atoms with E-state index in [1.807, 2.05) is 19.0 Å². The van der Waals surface area contributed by atoms with Gasteiger partial charge in [-0.1, -0.05) is 39.0 Å². The molecule has 21 heavy (non-hydrogen) atoms. The summed E-state index contributed by atoms with van der Waals surface area (Å²) in [6.45, 7) is 3.55. The maximum atomic E-state index is 11.3. The fourth-order valence-electron chi connectivity index (χ4n) is 1.62. The molecule has 0 N–H and O–H groups in total. The summed E-state index contributed by atoms with van der Waals surface area (Å²) in [5.74, 6) is -1.01. The van der Waals surface area contributed by atoms with Gasteiger partial charge < -0.3 is 14.4 Å². The van der Waals surface area contributed by atoms with Crippen molar-refractivity contribution in [2.45, 2.75) is 45.4 Å². The van der Waals surface area contributed by atoms with Crippen LogP contribution in [-0.2, 0) is 19.1 Å². The lowest BCUT2D eigenvalue weighted by molar-refractivity contribution is -0.140. The van der Waals surface area contributed by atoms with Gasteiger partial charge in [0.05, 0.1) is 6.61 Å². The van der Waals surface area contributed by atoms with Crippen molar-refractivity contribution in [1.82, 2.24) is 4.90 Å². The van der Waals surface area contributed by atoms with E-state index in [9.17, 15) is 9.59 Å². The van der Waals surface area contributed by atoms with Crippen LogP contribution in [0.4, 0.5) is 0 Å². The maximum absolute atomic E-state index is 11.3. The molecule has 0 atom stereocenters. The predicted octanol–water partition coefficient (Wildman–Crippen LogP) is 2.55. The van der Waals surface area contributed by atoms with Crippen LogP contribution < -0.4 is 0 Å². The highest BCUT2D eigenvalue weighted by Gasteiger charge is 2.01. The van der Waals surface area contributed by atoms with Crippen molar-refractivity contribution in [1.29, 1.82) is 0 Å². The van der Waals surface area contributed by atoms with Crippen molar-refractivity contribution in [3.05, 3.63) is 12.2 Å². The number of hydrogen-bond acceptors (Lipinski definition) is 5. The third-order valence-corrected chi connectivity index (χ3v) is 2.88. The highest BCUT2D eigenvalue weighted by Crippen LogP contribution is 2.04. The molecule has 0 radical (unpaired) electrons. The third kappa shape index (κ3) is 14.9. The van der Waals surface area contributed by atoms with Gasteiger partial charge in [-0.3, -0.25) is 0 Å². The molecule has 0 heterocycles. The van der Waals surface area contributed by atoms with E-state index in [0.717, 1.165) is 25.0 Å². The van der Waals surface area contributed by atoms with E-state index in [1.54, 1.807) is 0 Å². The zero-order chi connectivity index (χ0) is 15.9. The van der Waals surface area contributed by atoms with Gasteiger partial charge in [0.15, 0.2) is 0 Å². The molecule has 0 amide bonds. The zero-order valence-corrected chi connectivity index (χ0v) is 13.6. The second-order valence-electron chi connectivity index (χ2n) is 5.24. The van der Waals surface area contributed by atoms with E-state index in [-0.39, 0.29) is 0 Å². The van der Waals surface area contributed by atoms with E-state index in [0.29, 0.717) is 19.8 Å². The first kappa shape index (κ1) is 19.6. The number of rotatable bonds is 12. The SMILES string of the molecule is CCCCCCCCOC(=O)/C=C/C(=O)OCCN(C)C. The molecule has 0 aromatic carbocycles. The Balaban J connectivity index is 3.55. The minimum Gasteiger partial charge on any atom is -0.463 e. The van der Waals surface area contributed by atoms with Crippen LogP contribution in [0.25, 0.3) is 0 Å². The molecular weight excluding hydrogens is 270 g/mol. The second kappa shape index (κ2) is 13.6. The molecule has 0 aromatic rings. The van der Waals surface area contributed by atoms with Crippen molar-refractivity contribution < 1.29 is 19.1 Å². The lowest BCUT2D eigenvalue weighted by Gasteiger charge is -2.08.